The lowest BCUT2D eigenvalue weighted by atomic mass is 10.2. The highest BCUT2D eigenvalue weighted by molar-refractivity contribution is 6.07. The zero-order chi connectivity index (χ0) is 7.98. The molecule has 0 aliphatic heterocycles. The highest BCUT2D eigenvalue weighted by Gasteiger charge is 2.02. The lowest BCUT2D eigenvalue weighted by Crippen LogP contribution is -2.03. The molecule has 0 N–H and O–H groups in total. The average molecular weight is 138 g/mol. The van der Waals surface area contributed by atoms with Crippen molar-refractivity contribution in [3.05, 3.63) is 0 Å². The smallest absolute Gasteiger partial charge is 0.212 e. The monoisotopic (exact) mass is 138 g/mol. The third kappa shape index (κ3) is 3.85. The summed E-state index contributed by atoms with van der Waals surface area (Å²) in [6.45, 7) is 3.31. The lowest BCUT2D eigenvalue weighted by molar-refractivity contribution is -0.124. The van der Waals surface area contributed by atoms with E-state index in [0.29, 0.717) is 6.42 Å². The minimum atomic E-state index is -0.283. The summed E-state index contributed by atoms with van der Waals surface area (Å²) in [6.07, 6.45) is 0.383. The van der Waals surface area contributed by atoms with Crippen LogP contribution >= 0.6 is 0 Å². The highest BCUT2D eigenvalue weighted by Crippen LogP contribution is 1.88. The molecule has 0 aromatic carbocycles. The van der Waals surface area contributed by atoms with Crippen LogP contribution in [0.2, 0.25) is 0 Å². The fraction of sp³-hybridized carbons (Fsp3) is 0.500. The Morgan fingerprint density at radius 3 is 2.40 bits per heavy atom. The minimum Gasteiger partial charge on any atom is -0.299 e. The molecule has 0 amide bonds. The molecule has 2 nitrogen and oxygen atoms in total. The Kier molecular flexibility index (Phi) is 4.23. The number of hydrogen-bond donors (Lipinski definition) is 0. The number of carbonyl (C=O) groups excluding carboxylic acids is 2. The Labute approximate surface area is 60.6 Å². The van der Waals surface area contributed by atoms with Crippen molar-refractivity contribution in [3.8, 4) is 11.8 Å². The summed E-state index contributed by atoms with van der Waals surface area (Å²) in [4.78, 5) is 21.2. The lowest BCUT2D eigenvalue weighted by Gasteiger charge is -1.87. The van der Waals surface area contributed by atoms with Crippen LogP contribution in [0.5, 0.6) is 0 Å². The first-order chi connectivity index (χ1) is 4.70. The van der Waals surface area contributed by atoms with Crippen LogP contribution in [0.4, 0.5) is 0 Å². The first-order valence-corrected chi connectivity index (χ1v) is 3.18. The number of ketones is 2. The van der Waals surface area contributed by atoms with Gasteiger partial charge in [0.05, 0.1) is 6.42 Å². The van der Waals surface area contributed by atoms with Crippen molar-refractivity contribution >= 4 is 11.6 Å². The molecular weight excluding hydrogens is 128 g/mol. The Hall–Kier alpha value is -1.10. The molecule has 0 saturated heterocycles. The second-order valence-electron chi connectivity index (χ2n) is 1.87. The Morgan fingerprint density at radius 2 is 2.00 bits per heavy atom. The van der Waals surface area contributed by atoms with Crippen molar-refractivity contribution in [2.75, 3.05) is 0 Å². The van der Waals surface area contributed by atoms with E-state index >= 15 is 0 Å². The van der Waals surface area contributed by atoms with Gasteiger partial charge in [-0.05, 0) is 12.8 Å². The van der Waals surface area contributed by atoms with Gasteiger partial charge in [-0.15, -0.1) is 0 Å². The molecule has 0 saturated carbocycles. The number of hydrogen-bond acceptors (Lipinski definition) is 2. The fourth-order valence-corrected chi connectivity index (χ4v) is 0.488. The van der Waals surface area contributed by atoms with E-state index < -0.39 is 0 Å². The normalized spacial score (nSPS) is 7.80. The van der Waals surface area contributed by atoms with Crippen LogP contribution in [0.15, 0.2) is 0 Å². The molecule has 0 aliphatic rings. The molecule has 0 fully saturated rings. The SMILES string of the molecule is CC#CC(=O)CC(=O)CC. The summed E-state index contributed by atoms with van der Waals surface area (Å²) in [7, 11) is 0. The Bertz CT molecular complexity index is 193. The van der Waals surface area contributed by atoms with E-state index in [2.05, 4.69) is 11.8 Å². The van der Waals surface area contributed by atoms with E-state index in [1.807, 2.05) is 0 Å². The third-order valence-corrected chi connectivity index (χ3v) is 1.02. The number of rotatable bonds is 3. The van der Waals surface area contributed by atoms with Crippen LogP contribution in [0.3, 0.4) is 0 Å². The van der Waals surface area contributed by atoms with Crippen LogP contribution in [0.25, 0.3) is 0 Å². The highest BCUT2D eigenvalue weighted by atomic mass is 16.1. The standard InChI is InChI=1S/C8H10O2/c1-3-5-8(10)6-7(9)4-2/h4,6H2,1-2H3. The van der Waals surface area contributed by atoms with Gasteiger partial charge in [-0.2, -0.15) is 0 Å². The molecule has 0 spiro atoms. The van der Waals surface area contributed by atoms with E-state index in [4.69, 9.17) is 0 Å². The third-order valence-electron chi connectivity index (χ3n) is 1.02. The van der Waals surface area contributed by atoms with Gasteiger partial charge < -0.3 is 0 Å². The predicted octanol–water partition coefficient (Wildman–Crippen LogP) is 0.948. The van der Waals surface area contributed by atoms with E-state index in [0.717, 1.165) is 0 Å². The second kappa shape index (κ2) is 4.75. The van der Waals surface area contributed by atoms with Crippen molar-refractivity contribution in [2.45, 2.75) is 26.7 Å². The Morgan fingerprint density at radius 1 is 1.40 bits per heavy atom. The fourth-order valence-electron chi connectivity index (χ4n) is 0.488. The van der Waals surface area contributed by atoms with E-state index in [-0.39, 0.29) is 18.0 Å². The van der Waals surface area contributed by atoms with Gasteiger partial charge in [-0.25, -0.2) is 0 Å². The van der Waals surface area contributed by atoms with Crippen LogP contribution in [-0.2, 0) is 9.59 Å². The van der Waals surface area contributed by atoms with Gasteiger partial charge in [0.15, 0.2) is 0 Å². The molecule has 0 rings (SSSR count). The molecule has 10 heavy (non-hydrogen) atoms. The number of carbonyl (C=O) groups is 2. The summed E-state index contributed by atoms with van der Waals surface area (Å²) >= 11 is 0. The van der Waals surface area contributed by atoms with Gasteiger partial charge in [-0.3, -0.25) is 9.59 Å². The molecule has 0 aliphatic carbocycles. The van der Waals surface area contributed by atoms with E-state index in [9.17, 15) is 9.59 Å². The van der Waals surface area contributed by atoms with Gasteiger partial charge in [0.2, 0.25) is 5.78 Å². The van der Waals surface area contributed by atoms with Crippen LogP contribution in [0, 0.1) is 11.8 Å². The summed E-state index contributed by atoms with van der Waals surface area (Å²) in [5, 5.41) is 0. The van der Waals surface area contributed by atoms with E-state index in [1.54, 1.807) is 13.8 Å². The minimum absolute atomic E-state index is 0.0304. The van der Waals surface area contributed by atoms with Crippen LogP contribution < -0.4 is 0 Å². The molecule has 0 atom stereocenters. The van der Waals surface area contributed by atoms with Gasteiger partial charge in [0, 0.05) is 6.42 Å². The largest absolute Gasteiger partial charge is 0.299 e. The molecule has 0 heterocycles. The molecule has 0 radical (unpaired) electrons. The predicted molar refractivity (Wildman–Crippen MR) is 38.4 cm³/mol. The van der Waals surface area contributed by atoms with Gasteiger partial charge in [0.25, 0.3) is 0 Å². The summed E-state index contributed by atoms with van der Waals surface area (Å²) in [6, 6.07) is 0. The van der Waals surface area contributed by atoms with Gasteiger partial charge in [-0.1, -0.05) is 12.8 Å². The van der Waals surface area contributed by atoms with Crippen molar-refractivity contribution in [3.63, 3.8) is 0 Å². The molecule has 54 valence electrons. The summed E-state index contributed by atoms with van der Waals surface area (Å²) in [5.74, 6) is 4.41. The number of Topliss-reactive ketones (excluding diaryl/α,β-unsaturated/α-hetero) is 2. The zero-order valence-electron chi connectivity index (χ0n) is 6.23. The summed E-state index contributed by atoms with van der Waals surface area (Å²) in [5.41, 5.74) is 0. The first kappa shape index (κ1) is 8.90. The second-order valence-corrected chi connectivity index (χ2v) is 1.87. The maximum atomic E-state index is 10.6. The maximum absolute atomic E-state index is 10.6. The maximum Gasteiger partial charge on any atom is 0.212 e. The molecule has 0 bridgehead atoms. The topological polar surface area (TPSA) is 34.1 Å². The van der Waals surface area contributed by atoms with Crippen molar-refractivity contribution in [1.29, 1.82) is 0 Å². The van der Waals surface area contributed by atoms with E-state index in [1.165, 1.54) is 0 Å². The van der Waals surface area contributed by atoms with Crippen molar-refractivity contribution in [2.24, 2.45) is 0 Å². The molecular formula is C8H10O2. The molecule has 2 heteroatoms. The van der Waals surface area contributed by atoms with Crippen LogP contribution in [0.1, 0.15) is 26.7 Å². The van der Waals surface area contributed by atoms with Crippen LogP contribution in [-0.4, -0.2) is 11.6 Å². The Balaban J connectivity index is 3.76. The first-order valence-electron chi connectivity index (χ1n) is 3.18. The van der Waals surface area contributed by atoms with Crippen molar-refractivity contribution < 1.29 is 9.59 Å². The molecule has 0 aromatic heterocycles. The zero-order valence-corrected chi connectivity index (χ0v) is 6.23. The van der Waals surface area contributed by atoms with Gasteiger partial charge in [0.1, 0.15) is 5.78 Å². The average Bonchev–Trinajstić information content (AvgIpc) is 1.88. The quantitative estimate of drug-likeness (QED) is 0.330. The molecule has 0 aromatic rings. The van der Waals surface area contributed by atoms with Gasteiger partial charge >= 0.3 is 0 Å². The molecule has 0 unspecified atom stereocenters. The van der Waals surface area contributed by atoms with Crippen molar-refractivity contribution in [1.82, 2.24) is 0 Å². The summed E-state index contributed by atoms with van der Waals surface area (Å²) < 4.78 is 0.